The molecule has 0 aliphatic carbocycles. The maximum absolute atomic E-state index is 10.9. The average Bonchev–Trinajstić information content (AvgIpc) is 2.48. The van der Waals surface area contributed by atoms with Crippen LogP contribution in [0.4, 0.5) is 5.69 Å². The van der Waals surface area contributed by atoms with Crippen molar-refractivity contribution >= 4 is 11.7 Å². The van der Waals surface area contributed by atoms with E-state index in [9.17, 15) is 4.79 Å². The number of carboxylic acid groups (broad SMARTS) is 1. The Bertz CT molecular complexity index is 360. The minimum Gasteiger partial charge on any atom is -0.478 e. The summed E-state index contributed by atoms with van der Waals surface area (Å²) in [6, 6.07) is 5.35. The molecular weight excluding hydrogens is 166 g/mol. The van der Waals surface area contributed by atoms with Gasteiger partial charge >= 0.3 is 5.97 Å². The summed E-state index contributed by atoms with van der Waals surface area (Å²) in [4.78, 5) is 10.9. The molecule has 3 heteroatoms. The number of hydrogen-bond donors (Lipinski definition) is 2. The zero-order valence-electron chi connectivity index (χ0n) is 7.37. The molecule has 1 aliphatic heterocycles. The molecule has 68 valence electrons. The van der Waals surface area contributed by atoms with Crippen LogP contribution in [-0.2, 0) is 0 Å². The highest BCUT2D eigenvalue weighted by molar-refractivity contribution is 5.92. The van der Waals surface area contributed by atoms with E-state index < -0.39 is 5.97 Å². The molecule has 2 rings (SSSR count). The first-order valence-corrected chi connectivity index (χ1v) is 4.30. The molecule has 0 bridgehead atoms. The lowest BCUT2D eigenvalue weighted by Crippen LogP contribution is -2.03. The Kier molecular flexibility index (Phi) is 1.72. The molecule has 13 heavy (non-hydrogen) atoms. The van der Waals surface area contributed by atoms with Gasteiger partial charge in [-0.3, -0.25) is 0 Å². The monoisotopic (exact) mass is 177 g/mol. The summed E-state index contributed by atoms with van der Waals surface area (Å²) in [5.74, 6) is -0.547. The summed E-state index contributed by atoms with van der Waals surface area (Å²) in [7, 11) is 0. The van der Waals surface area contributed by atoms with Crippen molar-refractivity contribution in [2.75, 3.05) is 11.9 Å². The van der Waals surface area contributed by atoms with Gasteiger partial charge in [0, 0.05) is 18.2 Å². The first-order valence-electron chi connectivity index (χ1n) is 4.30. The first-order chi connectivity index (χ1) is 6.20. The number of anilines is 1. The summed E-state index contributed by atoms with van der Waals surface area (Å²) in [6.07, 6.45) is 0. The number of aromatic carboxylic acids is 1. The second kappa shape index (κ2) is 2.76. The van der Waals surface area contributed by atoms with Crippen LogP contribution in [0.15, 0.2) is 18.2 Å². The van der Waals surface area contributed by atoms with Crippen molar-refractivity contribution in [3.8, 4) is 0 Å². The summed E-state index contributed by atoms with van der Waals surface area (Å²) in [5, 5.41) is 12.1. The number of benzene rings is 1. The number of nitrogens with one attached hydrogen (secondary N) is 1. The van der Waals surface area contributed by atoms with Crippen LogP contribution in [0.1, 0.15) is 28.8 Å². The van der Waals surface area contributed by atoms with E-state index in [4.69, 9.17) is 5.11 Å². The molecule has 3 nitrogen and oxygen atoms in total. The third-order valence-corrected chi connectivity index (χ3v) is 2.43. The van der Waals surface area contributed by atoms with Crippen LogP contribution in [0.5, 0.6) is 0 Å². The molecule has 0 saturated heterocycles. The standard InChI is InChI=1S/C10H11NO2/c1-6-5-11-8-4-2-3-7(9(6)8)10(12)13/h2-4,6,11H,5H2,1H3,(H,12,13). The van der Waals surface area contributed by atoms with Gasteiger partial charge in [0.25, 0.3) is 0 Å². The third-order valence-electron chi connectivity index (χ3n) is 2.43. The first kappa shape index (κ1) is 8.10. The molecule has 0 spiro atoms. The Morgan fingerprint density at radius 3 is 3.08 bits per heavy atom. The lowest BCUT2D eigenvalue weighted by molar-refractivity contribution is 0.0695. The maximum atomic E-state index is 10.9. The van der Waals surface area contributed by atoms with E-state index in [1.165, 1.54) is 0 Å². The Morgan fingerprint density at radius 2 is 2.38 bits per heavy atom. The highest BCUT2D eigenvalue weighted by Gasteiger charge is 2.23. The van der Waals surface area contributed by atoms with Crippen molar-refractivity contribution in [1.29, 1.82) is 0 Å². The van der Waals surface area contributed by atoms with Crippen LogP contribution in [0, 0.1) is 0 Å². The molecule has 1 unspecified atom stereocenters. The van der Waals surface area contributed by atoms with Gasteiger partial charge in [0.05, 0.1) is 5.56 Å². The molecule has 1 atom stereocenters. The lowest BCUT2D eigenvalue weighted by atomic mass is 9.97. The van der Waals surface area contributed by atoms with Crippen molar-refractivity contribution in [3.05, 3.63) is 29.3 Å². The van der Waals surface area contributed by atoms with Crippen LogP contribution in [0.25, 0.3) is 0 Å². The zero-order chi connectivity index (χ0) is 9.42. The van der Waals surface area contributed by atoms with E-state index in [0.717, 1.165) is 17.8 Å². The Morgan fingerprint density at radius 1 is 1.62 bits per heavy atom. The van der Waals surface area contributed by atoms with Crippen LogP contribution in [0.2, 0.25) is 0 Å². The second-order valence-electron chi connectivity index (χ2n) is 3.35. The normalized spacial score (nSPS) is 19.3. The van der Waals surface area contributed by atoms with Crippen molar-refractivity contribution < 1.29 is 9.90 Å². The number of carbonyl (C=O) groups is 1. The van der Waals surface area contributed by atoms with Gasteiger partial charge in [-0.2, -0.15) is 0 Å². The quantitative estimate of drug-likeness (QED) is 0.689. The predicted molar refractivity (Wildman–Crippen MR) is 50.3 cm³/mol. The number of rotatable bonds is 1. The highest BCUT2D eigenvalue weighted by atomic mass is 16.4. The van der Waals surface area contributed by atoms with Gasteiger partial charge in [-0.05, 0) is 17.7 Å². The highest BCUT2D eigenvalue weighted by Crippen LogP contribution is 2.33. The molecule has 0 amide bonds. The fraction of sp³-hybridized carbons (Fsp3) is 0.300. The van der Waals surface area contributed by atoms with Crippen molar-refractivity contribution in [2.24, 2.45) is 0 Å². The summed E-state index contributed by atoms with van der Waals surface area (Å²) in [6.45, 7) is 2.87. The molecule has 0 saturated carbocycles. The lowest BCUT2D eigenvalue weighted by Gasteiger charge is -2.06. The molecule has 1 aromatic rings. The van der Waals surface area contributed by atoms with E-state index in [-0.39, 0.29) is 0 Å². The van der Waals surface area contributed by atoms with E-state index in [0.29, 0.717) is 11.5 Å². The van der Waals surface area contributed by atoms with Crippen molar-refractivity contribution in [1.82, 2.24) is 0 Å². The fourth-order valence-corrected chi connectivity index (χ4v) is 1.80. The molecule has 2 N–H and O–H groups in total. The largest absolute Gasteiger partial charge is 0.478 e. The van der Waals surface area contributed by atoms with Gasteiger partial charge in [-0.15, -0.1) is 0 Å². The van der Waals surface area contributed by atoms with Gasteiger partial charge in [0.1, 0.15) is 0 Å². The Balaban J connectivity index is 2.60. The molecule has 1 aromatic carbocycles. The average molecular weight is 177 g/mol. The smallest absolute Gasteiger partial charge is 0.336 e. The molecular formula is C10H11NO2. The third kappa shape index (κ3) is 1.16. The van der Waals surface area contributed by atoms with E-state index in [2.05, 4.69) is 5.32 Å². The summed E-state index contributed by atoms with van der Waals surface area (Å²) in [5.41, 5.74) is 2.33. The van der Waals surface area contributed by atoms with E-state index >= 15 is 0 Å². The van der Waals surface area contributed by atoms with Crippen LogP contribution < -0.4 is 5.32 Å². The van der Waals surface area contributed by atoms with Crippen LogP contribution in [0.3, 0.4) is 0 Å². The van der Waals surface area contributed by atoms with Crippen LogP contribution >= 0.6 is 0 Å². The van der Waals surface area contributed by atoms with Gasteiger partial charge in [0.2, 0.25) is 0 Å². The van der Waals surface area contributed by atoms with Gasteiger partial charge in [-0.1, -0.05) is 13.0 Å². The number of fused-ring (bicyclic) bond motifs is 1. The summed E-state index contributed by atoms with van der Waals surface area (Å²) < 4.78 is 0. The van der Waals surface area contributed by atoms with Gasteiger partial charge in [-0.25, -0.2) is 4.79 Å². The minimum absolute atomic E-state index is 0.294. The molecule has 1 aliphatic rings. The molecule has 0 radical (unpaired) electrons. The number of carboxylic acids is 1. The minimum atomic E-state index is -0.840. The fourth-order valence-electron chi connectivity index (χ4n) is 1.80. The predicted octanol–water partition coefficient (Wildman–Crippen LogP) is 1.91. The van der Waals surface area contributed by atoms with E-state index in [1.807, 2.05) is 13.0 Å². The Labute approximate surface area is 76.4 Å². The summed E-state index contributed by atoms with van der Waals surface area (Å²) >= 11 is 0. The zero-order valence-corrected chi connectivity index (χ0v) is 7.37. The maximum Gasteiger partial charge on any atom is 0.336 e. The SMILES string of the molecule is CC1CNc2cccc(C(=O)O)c21. The molecule has 1 heterocycles. The van der Waals surface area contributed by atoms with Crippen molar-refractivity contribution in [3.63, 3.8) is 0 Å². The van der Waals surface area contributed by atoms with Crippen LogP contribution in [-0.4, -0.2) is 17.6 Å². The van der Waals surface area contributed by atoms with E-state index in [1.54, 1.807) is 12.1 Å². The van der Waals surface area contributed by atoms with Crippen molar-refractivity contribution in [2.45, 2.75) is 12.8 Å². The number of hydrogen-bond acceptors (Lipinski definition) is 2. The van der Waals surface area contributed by atoms with Gasteiger partial charge in [0.15, 0.2) is 0 Å². The molecule has 0 aromatic heterocycles. The molecule has 0 fully saturated rings. The van der Waals surface area contributed by atoms with Gasteiger partial charge < -0.3 is 10.4 Å². The topological polar surface area (TPSA) is 49.3 Å². The second-order valence-corrected chi connectivity index (χ2v) is 3.35. The Hall–Kier alpha value is -1.51.